The zero-order valence-corrected chi connectivity index (χ0v) is 17.0. The number of likely N-dealkylation sites (N-methyl/N-ethyl adjacent to an activating group) is 1. The molecule has 1 aromatic heterocycles. The van der Waals surface area contributed by atoms with Crippen LogP contribution in [-0.2, 0) is 28.9 Å². The van der Waals surface area contributed by atoms with Gasteiger partial charge >= 0.3 is 5.69 Å². The van der Waals surface area contributed by atoms with Gasteiger partial charge in [0.25, 0.3) is 5.56 Å². The fourth-order valence-electron chi connectivity index (χ4n) is 3.43. The molecule has 1 saturated heterocycles. The standard InChI is InChI=1S/C18H24N4O5S/c1-19(12-16(23)22-9-5-4-6-10-22)28(26,27)13-7-8-15-14(11-13)17(24)21(3)18(25)20(15)2/h7-8,11H,4-6,9-10,12H2,1-3H3. The summed E-state index contributed by atoms with van der Waals surface area (Å²) in [5.41, 5.74) is -0.710. The van der Waals surface area contributed by atoms with Gasteiger partial charge in [0.1, 0.15) is 0 Å². The zero-order valence-electron chi connectivity index (χ0n) is 16.2. The molecular formula is C18H24N4O5S. The lowest BCUT2D eigenvalue weighted by atomic mass is 10.1. The average Bonchev–Trinajstić information content (AvgIpc) is 2.70. The Bertz CT molecular complexity index is 1140. The molecule has 9 nitrogen and oxygen atoms in total. The second-order valence-corrected chi connectivity index (χ2v) is 9.13. The molecule has 1 aliphatic rings. The van der Waals surface area contributed by atoms with Gasteiger partial charge in [-0.25, -0.2) is 13.2 Å². The van der Waals surface area contributed by atoms with Crippen molar-refractivity contribution in [2.75, 3.05) is 26.7 Å². The minimum atomic E-state index is -3.97. The molecule has 0 unspecified atom stereocenters. The lowest BCUT2D eigenvalue weighted by Crippen LogP contribution is -2.43. The van der Waals surface area contributed by atoms with Crippen LogP contribution in [0.1, 0.15) is 19.3 Å². The van der Waals surface area contributed by atoms with Crippen molar-refractivity contribution < 1.29 is 13.2 Å². The van der Waals surface area contributed by atoms with E-state index < -0.39 is 21.3 Å². The first-order valence-electron chi connectivity index (χ1n) is 9.08. The molecule has 10 heteroatoms. The summed E-state index contributed by atoms with van der Waals surface area (Å²) in [6.07, 6.45) is 2.93. The minimum Gasteiger partial charge on any atom is -0.342 e. The van der Waals surface area contributed by atoms with Crippen molar-refractivity contribution in [2.45, 2.75) is 24.2 Å². The van der Waals surface area contributed by atoms with Gasteiger partial charge in [0.2, 0.25) is 15.9 Å². The third kappa shape index (κ3) is 3.49. The van der Waals surface area contributed by atoms with Crippen LogP contribution in [0.25, 0.3) is 10.9 Å². The molecular weight excluding hydrogens is 384 g/mol. The van der Waals surface area contributed by atoms with E-state index in [4.69, 9.17) is 0 Å². The number of hydrogen-bond acceptors (Lipinski definition) is 5. The number of piperidine rings is 1. The number of aryl methyl sites for hydroxylation is 1. The van der Waals surface area contributed by atoms with Gasteiger partial charge in [-0.05, 0) is 37.5 Å². The molecule has 1 amide bonds. The summed E-state index contributed by atoms with van der Waals surface area (Å²) in [5.74, 6) is -0.232. The predicted octanol–water partition coefficient (Wildman–Crippen LogP) is -0.130. The summed E-state index contributed by atoms with van der Waals surface area (Å²) in [5, 5.41) is 0.126. The average molecular weight is 408 g/mol. The number of amides is 1. The van der Waals surface area contributed by atoms with Gasteiger partial charge in [0.15, 0.2) is 0 Å². The van der Waals surface area contributed by atoms with Crippen molar-refractivity contribution in [3.63, 3.8) is 0 Å². The van der Waals surface area contributed by atoms with E-state index in [0.717, 1.165) is 28.1 Å². The fourth-order valence-corrected chi connectivity index (χ4v) is 4.58. The normalized spacial score (nSPS) is 15.4. The van der Waals surface area contributed by atoms with E-state index in [9.17, 15) is 22.8 Å². The second-order valence-electron chi connectivity index (χ2n) is 7.09. The van der Waals surface area contributed by atoms with Crippen LogP contribution in [-0.4, -0.2) is 59.3 Å². The third-order valence-corrected chi connectivity index (χ3v) is 7.01. The number of carbonyl (C=O) groups is 1. The SMILES string of the molecule is CN(CC(=O)N1CCCCC1)S(=O)(=O)c1ccc2c(c1)c(=O)n(C)c(=O)n2C. The molecule has 1 aliphatic heterocycles. The molecule has 0 saturated carbocycles. The number of aromatic nitrogens is 2. The van der Waals surface area contributed by atoms with Crippen molar-refractivity contribution in [1.29, 1.82) is 0 Å². The highest BCUT2D eigenvalue weighted by Gasteiger charge is 2.26. The van der Waals surface area contributed by atoms with Crippen molar-refractivity contribution in [3.8, 4) is 0 Å². The van der Waals surface area contributed by atoms with Crippen molar-refractivity contribution in [1.82, 2.24) is 18.3 Å². The molecule has 0 N–H and O–H groups in total. The third-order valence-electron chi connectivity index (χ3n) is 5.21. The Morgan fingerprint density at radius 2 is 1.71 bits per heavy atom. The van der Waals surface area contributed by atoms with E-state index in [1.807, 2.05) is 0 Å². The number of nitrogens with zero attached hydrogens (tertiary/aromatic N) is 4. The molecule has 0 radical (unpaired) electrons. The first kappa shape index (κ1) is 20.3. The fraction of sp³-hybridized carbons (Fsp3) is 0.500. The van der Waals surface area contributed by atoms with Crippen LogP contribution in [0.15, 0.2) is 32.7 Å². The summed E-state index contributed by atoms with van der Waals surface area (Å²) in [6, 6.07) is 4.04. The largest absolute Gasteiger partial charge is 0.342 e. The topological polar surface area (TPSA) is 102 Å². The monoisotopic (exact) mass is 408 g/mol. The summed E-state index contributed by atoms with van der Waals surface area (Å²) in [4.78, 5) is 38.4. The maximum absolute atomic E-state index is 12.9. The van der Waals surface area contributed by atoms with E-state index >= 15 is 0 Å². The van der Waals surface area contributed by atoms with Crippen LogP contribution in [0.2, 0.25) is 0 Å². The van der Waals surface area contributed by atoms with E-state index in [1.54, 1.807) is 4.90 Å². The Hall–Kier alpha value is -2.46. The Morgan fingerprint density at radius 1 is 1.07 bits per heavy atom. The molecule has 152 valence electrons. The maximum atomic E-state index is 12.9. The lowest BCUT2D eigenvalue weighted by molar-refractivity contribution is -0.132. The number of fused-ring (bicyclic) bond motifs is 1. The van der Waals surface area contributed by atoms with Gasteiger partial charge in [-0.3, -0.25) is 18.7 Å². The molecule has 28 heavy (non-hydrogen) atoms. The van der Waals surface area contributed by atoms with Crippen molar-refractivity contribution >= 4 is 26.8 Å². The Labute approximate surface area is 162 Å². The van der Waals surface area contributed by atoms with Gasteiger partial charge in [-0.1, -0.05) is 0 Å². The Kier molecular flexibility index (Phi) is 5.44. The van der Waals surface area contributed by atoms with E-state index in [0.29, 0.717) is 18.6 Å². The smallest absolute Gasteiger partial charge is 0.330 e. The Morgan fingerprint density at radius 3 is 2.36 bits per heavy atom. The van der Waals surface area contributed by atoms with Crippen LogP contribution < -0.4 is 11.2 Å². The second kappa shape index (κ2) is 7.51. The molecule has 0 bridgehead atoms. The van der Waals surface area contributed by atoms with E-state index in [-0.39, 0.29) is 22.7 Å². The van der Waals surface area contributed by atoms with Gasteiger partial charge in [0, 0.05) is 34.2 Å². The van der Waals surface area contributed by atoms with E-state index in [2.05, 4.69) is 0 Å². The summed E-state index contributed by atoms with van der Waals surface area (Å²) < 4.78 is 29.1. The molecule has 0 spiro atoms. The number of benzene rings is 1. The van der Waals surface area contributed by atoms with Crippen LogP contribution in [0.4, 0.5) is 0 Å². The van der Waals surface area contributed by atoms with Crippen molar-refractivity contribution in [2.24, 2.45) is 14.1 Å². The number of carbonyl (C=O) groups excluding carboxylic acids is 1. The van der Waals surface area contributed by atoms with Crippen LogP contribution >= 0.6 is 0 Å². The molecule has 3 rings (SSSR count). The molecule has 1 aromatic carbocycles. The molecule has 2 aromatic rings. The lowest BCUT2D eigenvalue weighted by Gasteiger charge is -2.28. The molecule has 0 aliphatic carbocycles. The van der Waals surface area contributed by atoms with Gasteiger partial charge < -0.3 is 4.90 Å². The summed E-state index contributed by atoms with van der Waals surface area (Å²) in [6.45, 7) is 1.03. The Balaban J connectivity index is 1.95. The number of likely N-dealkylation sites (tertiary alicyclic amines) is 1. The van der Waals surface area contributed by atoms with Crippen LogP contribution in [0.3, 0.4) is 0 Å². The quantitative estimate of drug-likeness (QED) is 0.701. The van der Waals surface area contributed by atoms with Gasteiger partial charge in [-0.15, -0.1) is 0 Å². The first-order chi connectivity index (χ1) is 13.1. The van der Waals surface area contributed by atoms with Crippen LogP contribution in [0, 0.1) is 0 Å². The van der Waals surface area contributed by atoms with Gasteiger partial charge in [0.05, 0.1) is 22.3 Å². The highest BCUT2D eigenvalue weighted by atomic mass is 32.2. The molecule has 0 atom stereocenters. The van der Waals surface area contributed by atoms with Gasteiger partial charge in [-0.2, -0.15) is 4.31 Å². The van der Waals surface area contributed by atoms with Crippen molar-refractivity contribution in [3.05, 3.63) is 39.0 Å². The molecule has 1 fully saturated rings. The highest BCUT2D eigenvalue weighted by molar-refractivity contribution is 7.89. The van der Waals surface area contributed by atoms with E-state index in [1.165, 1.54) is 43.9 Å². The predicted molar refractivity (Wildman–Crippen MR) is 105 cm³/mol. The number of sulfonamides is 1. The van der Waals surface area contributed by atoms with Crippen LogP contribution in [0.5, 0.6) is 0 Å². The highest BCUT2D eigenvalue weighted by Crippen LogP contribution is 2.19. The minimum absolute atomic E-state index is 0.0929. The summed E-state index contributed by atoms with van der Waals surface area (Å²) in [7, 11) is 0.239. The summed E-state index contributed by atoms with van der Waals surface area (Å²) >= 11 is 0. The maximum Gasteiger partial charge on any atom is 0.330 e. The number of rotatable bonds is 4. The first-order valence-corrected chi connectivity index (χ1v) is 10.5. The zero-order chi connectivity index (χ0) is 20.6. The molecule has 2 heterocycles. The number of hydrogen-bond donors (Lipinski definition) is 0.